The van der Waals surface area contributed by atoms with E-state index in [1.807, 2.05) is 6.08 Å². The zero-order chi connectivity index (χ0) is 20.4. The third-order valence-electron chi connectivity index (χ3n) is 4.42. The van der Waals surface area contributed by atoms with Crippen LogP contribution in [0, 0.1) is 5.41 Å². The number of nitrogens with one attached hydrogen (secondary N) is 2. The average Bonchev–Trinajstić information content (AvgIpc) is 3.10. The number of carbonyl (C=O) groups excluding carboxylic acids is 1. The summed E-state index contributed by atoms with van der Waals surface area (Å²) in [6, 6.07) is 6.64. The number of hydrogen-bond acceptors (Lipinski definition) is 6. The first-order chi connectivity index (χ1) is 13.2. The van der Waals surface area contributed by atoms with Gasteiger partial charge in [-0.3, -0.25) is 14.3 Å². The predicted octanol–water partition coefficient (Wildman–Crippen LogP) is 2.93. The number of amides is 1. The molecule has 1 aromatic heterocycles. The van der Waals surface area contributed by atoms with Gasteiger partial charge in [-0.25, -0.2) is 13.4 Å². The molecule has 0 bridgehead atoms. The molecule has 1 aromatic carbocycles. The molecule has 1 unspecified atom stereocenters. The van der Waals surface area contributed by atoms with Crippen LogP contribution in [0.1, 0.15) is 19.3 Å². The number of allylic oxidation sites excluding steroid dienone is 2. The highest BCUT2D eigenvalue weighted by atomic mass is 32.2. The Morgan fingerprint density at radius 2 is 1.93 bits per heavy atom. The van der Waals surface area contributed by atoms with Gasteiger partial charge in [0.05, 0.1) is 11.9 Å². The van der Waals surface area contributed by atoms with Gasteiger partial charge in [-0.1, -0.05) is 24.3 Å². The molecule has 1 amide bonds. The van der Waals surface area contributed by atoms with Crippen molar-refractivity contribution in [2.45, 2.75) is 19.3 Å². The molecule has 28 heavy (non-hydrogen) atoms. The lowest BCUT2D eigenvalue weighted by Gasteiger charge is -2.28. The highest BCUT2D eigenvalue weighted by molar-refractivity contribution is 7.92. The fraction of sp³-hybridized carbons (Fsp3) is 0.278. The van der Waals surface area contributed by atoms with Crippen molar-refractivity contribution in [3.63, 3.8) is 0 Å². The van der Waals surface area contributed by atoms with Gasteiger partial charge in [-0.05, 0) is 31.4 Å². The van der Waals surface area contributed by atoms with Gasteiger partial charge >= 0.3 is 5.97 Å². The summed E-state index contributed by atoms with van der Waals surface area (Å²) in [6.45, 7) is 0. The largest absolute Gasteiger partial charge is 0.480 e. The highest BCUT2D eigenvalue weighted by Crippen LogP contribution is 2.35. The monoisotopic (exact) mass is 421 g/mol. The van der Waals surface area contributed by atoms with Gasteiger partial charge in [0, 0.05) is 16.6 Å². The maximum Gasteiger partial charge on any atom is 0.319 e. The number of rotatable bonds is 6. The van der Waals surface area contributed by atoms with E-state index in [2.05, 4.69) is 15.0 Å². The minimum absolute atomic E-state index is 0.154. The van der Waals surface area contributed by atoms with Gasteiger partial charge in [-0.15, -0.1) is 11.3 Å². The van der Waals surface area contributed by atoms with Gasteiger partial charge in [-0.2, -0.15) is 0 Å². The molecular weight excluding hydrogens is 402 g/mol. The third kappa shape index (κ3) is 4.39. The molecule has 3 rings (SSSR count). The summed E-state index contributed by atoms with van der Waals surface area (Å²) in [5.74, 6) is -1.71. The molecule has 0 saturated heterocycles. The average molecular weight is 422 g/mol. The normalized spacial score (nSPS) is 19.2. The highest BCUT2D eigenvalue weighted by Gasteiger charge is 2.45. The molecule has 2 aromatic rings. The SMILES string of the molecule is CS(=O)(=O)Nc1ccc(-c2csc(NC(=O)C3(C(=O)O)CC=CCC3)n2)cc1. The first kappa shape index (κ1) is 20.0. The molecule has 0 radical (unpaired) electrons. The molecule has 1 atom stereocenters. The Kier molecular flexibility index (Phi) is 5.52. The van der Waals surface area contributed by atoms with Crippen LogP contribution in [-0.4, -0.2) is 36.6 Å². The second kappa shape index (κ2) is 7.72. The smallest absolute Gasteiger partial charge is 0.319 e. The van der Waals surface area contributed by atoms with E-state index in [0.29, 0.717) is 22.9 Å². The maximum absolute atomic E-state index is 12.6. The molecule has 1 aliphatic rings. The van der Waals surface area contributed by atoms with E-state index >= 15 is 0 Å². The fourth-order valence-corrected chi connectivity index (χ4v) is 4.21. The van der Waals surface area contributed by atoms with Crippen LogP contribution in [0.15, 0.2) is 41.8 Å². The quantitative estimate of drug-likeness (QED) is 0.486. The molecule has 0 saturated carbocycles. The summed E-state index contributed by atoms with van der Waals surface area (Å²) in [5, 5.41) is 14.2. The van der Waals surface area contributed by atoms with Crippen LogP contribution in [0.3, 0.4) is 0 Å². The number of carboxylic acids is 1. The Morgan fingerprint density at radius 3 is 2.50 bits per heavy atom. The van der Waals surface area contributed by atoms with Crippen molar-refractivity contribution in [1.82, 2.24) is 4.98 Å². The van der Waals surface area contributed by atoms with Gasteiger partial charge in [0.15, 0.2) is 10.5 Å². The number of carboxylic acid groups (broad SMARTS) is 1. The molecule has 1 heterocycles. The Hall–Kier alpha value is -2.72. The van der Waals surface area contributed by atoms with Crippen molar-refractivity contribution in [3.8, 4) is 11.3 Å². The number of hydrogen-bond donors (Lipinski definition) is 3. The number of anilines is 2. The maximum atomic E-state index is 12.6. The number of sulfonamides is 1. The van der Waals surface area contributed by atoms with Crippen molar-refractivity contribution in [2.24, 2.45) is 5.41 Å². The predicted molar refractivity (Wildman–Crippen MR) is 108 cm³/mol. The van der Waals surface area contributed by atoms with Crippen LogP contribution >= 0.6 is 11.3 Å². The Morgan fingerprint density at radius 1 is 1.21 bits per heavy atom. The molecule has 148 valence electrons. The summed E-state index contributed by atoms with van der Waals surface area (Å²) < 4.78 is 24.9. The van der Waals surface area contributed by atoms with Crippen molar-refractivity contribution in [1.29, 1.82) is 0 Å². The Labute approximate surface area is 166 Å². The second-order valence-electron chi connectivity index (χ2n) is 6.55. The van der Waals surface area contributed by atoms with Gasteiger partial charge < -0.3 is 10.4 Å². The number of carbonyl (C=O) groups is 2. The van der Waals surface area contributed by atoms with Crippen molar-refractivity contribution < 1.29 is 23.1 Å². The summed E-state index contributed by atoms with van der Waals surface area (Å²) >= 11 is 1.20. The Bertz CT molecular complexity index is 1030. The van der Waals surface area contributed by atoms with E-state index in [1.54, 1.807) is 35.7 Å². The minimum Gasteiger partial charge on any atom is -0.480 e. The number of thiazole rings is 1. The van der Waals surface area contributed by atoms with E-state index in [4.69, 9.17) is 0 Å². The molecular formula is C18H19N3O5S2. The third-order valence-corrected chi connectivity index (χ3v) is 5.79. The number of aromatic nitrogens is 1. The minimum atomic E-state index is -3.35. The van der Waals surface area contributed by atoms with E-state index in [9.17, 15) is 23.1 Å². The molecule has 1 aliphatic carbocycles. The fourth-order valence-electron chi connectivity index (χ4n) is 2.94. The van der Waals surface area contributed by atoms with Crippen LogP contribution in [0.4, 0.5) is 10.8 Å². The number of benzene rings is 1. The summed E-state index contributed by atoms with van der Waals surface area (Å²) in [7, 11) is -3.35. The van der Waals surface area contributed by atoms with Crippen LogP contribution in [0.5, 0.6) is 0 Å². The standard InChI is InChI=1S/C18H19N3O5S2/c1-28(25,26)21-13-7-5-12(6-8-13)14-11-27-17(19-14)20-15(22)18(16(23)24)9-3-2-4-10-18/h2-3,5-8,11,21H,4,9-10H2,1H3,(H,23,24)(H,19,20,22). The molecule has 8 nitrogen and oxygen atoms in total. The lowest BCUT2D eigenvalue weighted by Crippen LogP contribution is -2.43. The lowest BCUT2D eigenvalue weighted by molar-refractivity contribution is -0.154. The second-order valence-corrected chi connectivity index (χ2v) is 9.15. The van der Waals surface area contributed by atoms with Gasteiger partial charge in [0.1, 0.15) is 0 Å². The first-order valence-corrected chi connectivity index (χ1v) is 11.2. The summed E-state index contributed by atoms with van der Waals surface area (Å²) in [5.41, 5.74) is 0.298. The molecule has 3 N–H and O–H groups in total. The lowest BCUT2D eigenvalue weighted by atomic mass is 9.76. The number of nitrogens with zero attached hydrogens (tertiary/aromatic N) is 1. The summed E-state index contributed by atoms with van der Waals surface area (Å²) in [4.78, 5) is 28.7. The zero-order valence-corrected chi connectivity index (χ0v) is 16.6. The van der Waals surface area contributed by atoms with Crippen LogP contribution in [0.2, 0.25) is 0 Å². The zero-order valence-electron chi connectivity index (χ0n) is 15.0. The molecule has 0 aliphatic heterocycles. The van der Waals surface area contributed by atoms with Crippen LogP contribution in [0.25, 0.3) is 11.3 Å². The Balaban J connectivity index is 1.74. The van der Waals surface area contributed by atoms with Crippen molar-refractivity contribution in [3.05, 3.63) is 41.8 Å². The number of aliphatic carboxylic acids is 1. The molecule has 0 spiro atoms. The van der Waals surface area contributed by atoms with Gasteiger partial charge in [0.25, 0.3) is 0 Å². The van der Waals surface area contributed by atoms with Gasteiger partial charge in [0.2, 0.25) is 15.9 Å². The van der Waals surface area contributed by atoms with E-state index in [1.165, 1.54) is 11.3 Å². The van der Waals surface area contributed by atoms with Crippen molar-refractivity contribution in [2.75, 3.05) is 16.3 Å². The topological polar surface area (TPSA) is 125 Å². The van der Waals surface area contributed by atoms with Crippen LogP contribution < -0.4 is 10.0 Å². The molecule has 10 heteroatoms. The van der Waals surface area contributed by atoms with E-state index in [-0.39, 0.29) is 12.8 Å². The summed E-state index contributed by atoms with van der Waals surface area (Å²) in [6.07, 6.45) is 5.60. The van der Waals surface area contributed by atoms with E-state index < -0.39 is 27.3 Å². The van der Waals surface area contributed by atoms with Crippen LogP contribution in [-0.2, 0) is 19.6 Å². The van der Waals surface area contributed by atoms with Crippen molar-refractivity contribution >= 4 is 44.1 Å². The molecule has 0 fully saturated rings. The first-order valence-electron chi connectivity index (χ1n) is 8.43. The van der Waals surface area contributed by atoms with E-state index in [0.717, 1.165) is 11.8 Å².